The Bertz CT molecular complexity index is 696. The summed E-state index contributed by atoms with van der Waals surface area (Å²) in [5.74, 6) is 0.741. The van der Waals surface area contributed by atoms with Gasteiger partial charge in [0.15, 0.2) is 11.6 Å². The van der Waals surface area contributed by atoms with Crippen LogP contribution >= 0.6 is 0 Å². The molecule has 0 radical (unpaired) electrons. The zero-order valence-corrected chi connectivity index (χ0v) is 10.2. The number of hydrogen-bond donors (Lipinski definition) is 2. The molecular formula is C12H12N6O. The van der Waals surface area contributed by atoms with E-state index in [-0.39, 0.29) is 11.9 Å². The Morgan fingerprint density at radius 1 is 1.11 bits per heavy atom. The molecule has 1 aromatic carbocycles. The lowest BCUT2D eigenvalue weighted by molar-refractivity contribution is 0.314. The molecule has 0 spiro atoms. The van der Waals surface area contributed by atoms with E-state index in [4.69, 9.17) is 5.73 Å². The van der Waals surface area contributed by atoms with Gasteiger partial charge in [-0.2, -0.15) is 0 Å². The third-order valence-corrected chi connectivity index (χ3v) is 2.79. The maximum absolute atomic E-state index is 5.83. The number of nitrogens with zero attached hydrogens (tertiary/aromatic N) is 4. The largest absolute Gasteiger partial charge is 0.381 e. The van der Waals surface area contributed by atoms with Crippen LogP contribution in [-0.2, 0) is 0 Å². The molecular weight excluding hydrogens is 244 g/mol. The Balaban J connectivity index is 1.90. The van der Waals surface area contributed by atoms with Gasteiger partial charge in [-0.05, 0) is 22.8 Å². The second-order valence-electron chi connectivity index (χ2n) is 4.15. The molecule has 96 valence electrons. The number of benzene rings is 1. The standard InChI is InChI=1S/C12H12N6O/c1-7(8-5-3-2-4-6-8)14-10-9(13)15-11-12(16-10)18-19-17-11/h2-7H,1H3,(H2,13,15,17)(H,14,16,18). The van der Waals surface area contributed by atoms with E-state index >= 15 is 0 Å². The Morgan fingerprint density at radius 3 is 2.53 bits per heavy atom. The van der Waals surface area contributed by atoms with E-state index in [9.17, 15) is 0 Å². The first kappa shape index (κ1) is 11.4. The second-order valence-corrected chi connectivity index (χ2v) is 4.15. The minimum atomic E-state index is 0.0510. The van der Waals surface area contributed by atoms with Crippen molar-refractivity contribution in [1.82, 2.24) is 20.3 Å². The average molecular weight is 256 g/mol. The first-order valence-electron chi connectivity index (χ1n) is 5.81. The predicted octanol–water partition coefficient (Wildman–Crippen LogP) is 1.77. The zero-order valence-electron chi connectivity index (χ0n) is 10.2. The Labute approximate surface area is 108 Å². The van der Waals surface area contributed by atoms with Gasteiger partial charge in [-0.15, -0.1) is 0 Å². The fraction of sp³-hybridized carbons (Fsp3) is 0.167. The highest BCUT2D eigenvalue weighted by Gasteiger charge is 2.12. The van der Waals surface area contributed by atoms with Gasteiger partial charge in [0.25, 0.3) is 0 Å². The molecule has 7 nitrogen and oxygen atoms in total. The molecule has 1 atom stereocenters. The van der Waals surface area contributed by atoms with Crippen LogP contribution in [0, 0.1) is 0 Å². The lowest BCUT2D eigenvalue weighted by Gasteiger charge is -2.15. The first-order valence-corrected chi connectivity index (χ1v) is 5.81. The maximum atomic E-state index is 5.83. The molecule has 3 rings (SSSR count). The number of nitrogens with two attached hydrogens (primary N) is 1. The van der Waals surface area contributed by atoms with Gasteiger partial charge in [0.05, 0.1) is 6.04 Å². The molecule has 0 aliphatic rings. The van der Waals surface area contributed by atoms with E-state index in [1.54, 1.807) is 0 Å². The van der Waals surface area contributed by atoms with Crippen molar-refractivity contribution in [2.75, 3.05) is 11.1 Å². The van der Waals surface area contributed by atoms with Gasteiger partial charge in [-0.3, -0.25) is 0 Å². The normalized spacial score (nSPS) is 12.5. The third-order valence-electron chi connectivity index (χ3n) is 2.79. The van der Waals surface area contributed by atoms with Crippen LogP contribution in [0.4, 0.5) is 11.6 Å². The molecule has 2 heterocycles. The minimum Gasteiger partial charge on any atom is -0.381 e. The number of anilines is 2. The highest BCUT2D eigenvalue weighted by molar-refractivity contribution is 5.72. The van der Waals surface area contributed by atoms with Crippen LogP contribution < -0.4 is 11.1 Å². The van der Waals surface area contributed by atoms with Crippen LogP contribution in [0.1, 0.15) is 18.5 Å². The molecule has 0 bridgehead atoms. The molecule has 3 aromatic rings. The summed E-state index contributed by atoms with van der Waals surface area (Å²) < 4.78 is 4.56. The summed E-state index contributed by atoms with van der Waals surface area (Å²) in [5, 5.41) is 10.4. The molecule has 7 heteroatoms. The second kappa shape index (κ2) is 4.52. The predicted molar refractivity (Wildman–Crippen MR) is 70.3 cm³/mol. The van der Waals surface area contributed by atoms with Gasteiger partial charge in [-0.1, -0.05) is 30.3 Å². The number of nitrogen functional groups attached to an aromatic ring is 1. The molecule has 0 amide bonds. The monoisotopic (exact) mass is 256 g/mol. The molecule has 0 saturated carbocycles. The van der Waals surface area contributed by atoms with Crippen LogP contribution in [0.2, 0.25) is 0 Å². The zero-order chi connectivity index (χ0) is 13.2. The molecule has 19 heavy (non-hydrogen) atoms. The molecule has 0 aliphatic heterocycles. The quantitative estimate of drug-likeness (QED) is 0.736. The Kier molecular flexibility index (Phi) is 2.71. The van der Waals surface area contributed by atoms with Crippen molar-refractivity contribution in [3.05, 3.63) is 35.9 Å². The van der Waals surface area contributed by atoms with Crippen molar-refractivity contribution < 1.29 is 4.63 Å². The fourth-order valence-corrected chi connectivity index (χ4v) is 1.79. The Morgan fingerprint density at radius 2 is 1.79 bits per heavy atom. The van der Waals surface area contributed by atoms with Crippen molar-refractivity contribution in [3.63, 3.8) is 0 Å². The molecule has 0 aliphatic carbocycles. The number of rotatable bonds is 3. The molecule has 1 unspecified atom stereocenters. The highest BCUT2D eigenvalue weighted by atomic mass is 16.6. The van der Waals surface area contributed by atoms with Gasteiger partial charge in [0.2, 0.25) is 11.3 Å². The highest BCUT2D eigenvalue weighted by Crippen LogP contribution is 2.22. The summed E-state index contributed by atoms with van der Waals surface area (Å²) in [5.41, 5.74) is 7.59. The van der Waals surface area contributed by atoms with Crippen LogP contribution in [0.15, 0.2) is 35.0 Å². The Hall–Kier alpha value is -2.70. The van der Waals surface area contributed by atoms with E-state index in [0.29, 0.717) is 17.1 Å². The molecule has 3 N–H and O–H groups in total. The first-order chi connectivity index (χ1) is 9.24. The summed E-state index contributed by atoms with van der Waals surface area (Å²) in [4.78, 5) is 8.30. The van der Waals surface area contributed by atoms with Crippen LogP contribution in [0.5, 0.6) is 0 Å². The average Bonchev–Trinajstić information content (AvgIpc) is 2.87. The smallest absolute Gasteiger partial charge is 0.245 e. The SMILES string of the molecule is CC(Nc1nc2nonc2nc1N)c1ccccc1. The number of aromatic nitrogens is 4. The van der Waals surface area contributed by atoms with Crippen molar-refractivity contribution in [3.8, 4) is 0 Å². The summed E-state index contributed by atoms with van der Waals surface area (Å²) in [6, 6.07) is 10.0. The van der Waals surface area contributed by atoms with E-state index in [2.05, 4.69) is 30.2 Å². The number of fused-ring (bicyclic) bond motifs is 1. The summed E-state index contributed by atoms with van der Waals surface area (Å²) in [6.07, 6.45) is 0. The lowest BCUT2D eigenvalue weighted by Crippen LogP contribution is -2.11. The van der Waals surface area contributed by atoms with Crippen molar-refractivity contribution in [1.29, 1.82) is 0 Å². The van der Waals surface area contributed by atoms with E-state index in [1.165, 1.54) is 0 Å². The van der Waals surface area contributed by atoms with Crippen LogP contribution in [-0.4, -0.2) is 20.3 Å². The summed E-state index contributed by atoms with van der Waals surface area (Å²) >= 11 is 0. The van der Waals surface area contributed by atoms with E-state index < -0.39 is 0 Å². The molecule has 0 fully saturated rings. The third kappa shape index (κ3) is 2.17. The van der Waals surface area contributed by atoms with Gasteiger partial charge >= 0.3 is 0 Å². The van der Waals surface area contributed by atoms with Gasteiger partial charge in [0.1, 0.15) is 0 Å². The summed E-state index contributed by atoms with van der Waals surface area (Å²) in [6.45, 7) is 2.02. The van der Waals surface area contributed by atoms with Crippen LogP contribution in [0.3, 0.4) is 0 Å². The van der Waals surface area contributed by atoms with Crippen molar-refractivity contribution in [2.45, 2.75) is 13.0 Å². The van der Waals surface area contributed by atoms with Crippen molar-refractivity contribution in [2.24, 2.45) is 0 Å². The molecule has 0 saturated heterocycles. The van der Waals surface area contributed by atoms with Gasteiger partial charge < -0.3 is 11.1 Å². The minimum absolute atomic E-state index is 0.0510. The van der Waals surface area contributed by atoms with E-state index in [0.717, 1.165) is 5.56 Å². The summed E-state index contributed by atoms with van der Waals surface area (Å²) in [7, 11) is 0. The maximum Gasteiger partial charge on any atom is 0.245 e. The molecule has 2 aromatic heterocycles. The number of hydrogen-bond acceptors (Lipinski definition) is 7. The van der Waals surface area contributed by atoms with Crippen LogP contribution in [0.25, 0.3) is 11.3 Å². The topological polar surface area (TPSA) is 103 Å². The van der Waals surface area contributed by atoms with Gasteiger partial charge in [0, 0.05) is 0 Å². The number of nitrogens with one attached hydrogen (secondary N) is 1. The van der Waals surface area contributed by atoms with E-state index in [1.807, 2.05) is 37.3 Å². The lowest BCUT2D eigenvalue weighted by atomic mass is 10.1. The fourth-order valence-electron chi connectivity index (χ4n) is 1.79. The van der Waals surface area contributed by atoms with Crippen molar-refractivity contribution >= 4 is 22.9 Å². The van der Waals surface area contributed by atoms with Gasteiger partial charge in [-0.25, -0.2) is 14.6 Å².